The predicted molar refractivity (Wildman–Crippen MR) is 108 cm³/mol. The minimum absolute atomic E-state index is 0.0137. The van der Waals surface area contributed by atoms with E-state index in [0.717, 1.165) is 6.07 Å². The number of rotatable bonds is 7. The second-order valence-corrected chi connectivity index (χ2v) is 6.58. The molecule has 152 valence electrons. The fourth-order valence-corrected chi connectivity index (χ4v) is 3.19. The van der Waals surface area contributed by atoms with Gasteiger partial charge in [0.15, 0.2) is 0 Å². The van der Waals surface area contributed by atoms with Crippen LogP contribution >= 0.6 is 11.6 Å². The molecule has 2 N–H and O–H groups in total. The fourth-order valence-electron chi connectivity index (χ4n) is 2.88. The minimum Gasteiger partial charge on any atom is -0.481 e. The maximum absolute atomic E-state index is 11.9. The monoisotopic (exact) mass is 427 g/mol. The highest BCUT2D eigenvalue weighted by molar-refractivity contribution is 6.34. The van der Waals surface area contributed by atoms with E-state index in [1.165, 1.54) is 24.3 Å². The average molecular weight is 428 g/mol. The van der Waals surface area contributed by atoms with E-state index in [4.69, 9.17) is 21.4 Å². The molecular formula is C21H14ClNO7. The van der Waals surface area contributed by atoms with E-state index in [9.17, 15) is 24.8 Å². The van der Waals surface area contributed by atoms with Gasteiger partial charge < -0.3 is 14.9 Å². The van der Waals surface area contributed by atoms with Crippen molar-refractivity contribution in [2.75, 3.05) is 0 Å². The van der Waals surface area contributed by atoms with Crippen molar-refractivity contribution in [1.82, 2.24) is 0 Å². The number of carboxylic acids is 2. The lowest BCUT2D eigenvalue weighted by Gasteiger charge is -2.14. The van der Waals surface area contributed by atoms with Crippen LogP contribution in [0.1, 0.15) is 26.3 Å². The quantitative estimate of drug-likeness (QED) is 0.405. The molecule has 0 amide bonds. The van der Waals surface area contributed by atoms with Gasteiger partial charge in [0, 0.05) is 0 Å². The van der Waals surface area contributed by atoms with Crippen LogP contribution in [0, 0.1) is 10.1 Å². The van der Waals surface area contributed by atoms with E-state index in [-0.39, 0.29) is 28.3 Å². The van der Waals surface area contributed by atoms with Crippen LogP contribution in [0.2, 0.25) is 5.02 Å². The van der Waals surface area contributed by atoms with Gasteiger partial charge in [0.2, 0.25) is 5.75 Å². The first-order valence-electron chi connectivity index (χ1n) is 8.54. The van der Waals surface area contributed by atoms with Crippen molar-refractivity contribution in [3.8, 4) is 16.9 Å². The summed E-state index contributed by atoms with van der Waals surface area (Å²) in [7, 11) is 0. The zero-order valence-corrected chi connectivity index (χ0v) is 16.0. The number of carbonyl (C=O) groups is 2. The Bertz CT molecular complexity index is 1130. The van der Waals surface area contributed by atoms with Crippen LogP contribution in [-0.2, 0) is 6.61 Å². The molecule has 9 heteroatoms. The number of halogens is 1. The normalized spacial score (nSPS) is 10.4. The van der Waals surface area contributed by atoms with Gasteiger partial charge in [-0.1, -0.05) is 54.1 Å². The Morgan fingerprint density at radius 1 is 1.00 bits per heavy atom. The molecule has 0 aliphatic heterocycles. The third kappa shape index (κ3) is 4.23. The van der Waals surface area contributed by atoms with Gasteiger partial charge >= 0.3 is 17.6 Å². The summed E-state index contributed by atoms with van der Waals surface area (Å²) in [5.74, 6) is -3.02. The van der Waals surface area contributed by atoms with Gasteiger partial charge in [0.05, 0.1) is 21.1 Å². The lowest BCUT2D eigenvalue weighted by molar-refractivity contribution is -0.385. The van der Waals surface area contributed by atoms with Gasteiger partial charge in [0.1, 0.15) is 12.2 Å². The van der Waals surface area contributed by atoms with E-state index in [2.05, 4.69) is 0 Å². The molecule has 0 radical (unpaired) electrons. The maximum Gasteiger partial charge on any atom is 0.339 e. The van der Waals surface area contributed by atoms with E-state index in [1.807, 2.05) is 0 Å². The van der Waals surface area contributed by atoms with E-state index in [0.29, 0.717) is 5.56 Å². The van der Waals surface area contributed by atoms with Crippen LogP contribution in [0.4, 0.5) is 5.69 Å². The topological polar surface area (TPSA) is 127 Å². The van der Waals surface area contributed by atoms with Crippen molar-refractivity contribution >= 4 is 29.2 Å². The second kappa shape index (κ2) is 8.62. The minimum atomic E-state index is -1.43. The van der Waals surface area contributed by atoms with Crippen LogP contribution in [0.15, 0.2) is 60.7 Å². The highest BCUT2D eigenvalue weighted by Crippen LogP contribution is 2.45. The summed E-state index contributed by atoms with van der Waals surface area (Å²) in [4.78, 5) is 33.9. The average Bonchev–Trinajstić information content (AvgIpc) is 2.72. The zero-order chi connectivity index (χ0) is 21.8. The molecule has 0 atom stereocenters. The van der Waals surface area contributed by atoms with Gasteiger partial charge in [-0.15, -0.1) is 0 Å². The van der Waals surface area contributed by atoms with Crippen molar-refractivity contribution in [1.29, 1.82) is 0 Å². The molecule has 0 aliphatic rings. The third-order valence-electron chi connectivity index (χ3n) is 4.27. The SMILES string of the molecule is O=C(O)c1ccc(-c2c(Cl)cc(C(=O)O)c(OCc3ccccc3)c2[N+](=O)[O-])cc1. The van der Waals surface area contributed by atoms with Crippen LogP contribution < -0.4 is 4.74 Å². The summed E-state index contributed by atoms with van der Waals surface area (Å²) in [6.45, 7) is -0.0962. The molecule has 3 aromatic carbocycles. The van der Waals surface area contributed by atoms with E-state index in [1.54, 1.807) is 30.3 Å². The molecule has 0 fully saturated rings. The molecule has 8 nitrogen and oxygen atoms in total. The Morgan fingerprint density at radius 2 is 1.63 bits per heavy atom. The van der Waals surface area contributed by atoms with Crippen molar-refractivity contribution in [2.24, 2.45) is 0 Å². The maximum atomic E-state index is 11.9. The Hall–Kier alpha value is -3.91. The lowest BCUT2D eigenvalue weighted by atomic mass is 9.99. The number of nitrogens with zero attached hydrogens (tertiary/aromatic N) is 1. The summed E-state index contributed by atoms with van der Waals surface area (Å²) >= 11 is 6.21. The number of ether oxygens (including phenoxy) is 1. The van der Waals surface area contributed by atoms with Crippen molar-refractivity contribution in [2.45, 2.75) is 6.61 Å². The lowest BCUT2D eigenvalue weighted by Crippen LogP contribution is -2.08. The molecular weight excluding hydrogens is 414 g/mol. The summed E-state index contributed by atoms with van der Waals surface area (Å²) in [6, 6.07) is 15.1. The van der Waals surface area contributed by atoms with Crippen molar-refractivity contribution in [3.05, 3.63) is 92.5 Å². The van der Waals surface area contributed by atoms with E-state index >= 15 is 0 Å². The Morgan fingerprint density at radius 3 is 2.17 bits per heavy atom. The third-order valence-corrected chi connectivity index (χ3v) is 4.56. The number of benzene rings is 3. The molecule has 0 saturated carbocycles. The Labute approximate surface area is 175 Å². The fraction of sp³-hybridized carbons (Fsp3) is 0.0476. The molecule has 0 spiro atoms. The van der Waals surface area contributed by atoms with Crippen molar-refractivity contribution in [3.63, 3.8) is 0 Å². The van der Waals surface area contributed by atoms with Gasteiger partial charge in [-0.05, 0) is 29.3 Å². The number of aromatic carboxylic acids is 2. The largest absolute Gasteiger partial charge is 0.481 e. The molecule has 0 bridgehead atoms. The number of hydrogen-bond acceptors (Lipinski definition) is 5. The first-order chi connectivity index (χ1) is 14.3. The molecule has 30 heavy (non-hydrogen) atoms. The highest BCUT2D eigenvalue weighted by Gasteiger charge is 2.31. The molecule has 3 rings (SSSR count). The van der Waals surface area contributed by atoms with Crippen LogP contribution in [0.5, 0.6) is 5.75 Å². The number of nitro groups is 1. The van der Waals surface area contributed by atoms with Crippen LogP contribution in [-0.4, -0.2) is 27.1 Å². The van der Waals surface area contributed by atoms with Gasteiger partial charge in [-0.2, -0.15) is 0 Å². The first-order valence-corrected chi connectivity index (χ1v) is 8.92. The second-order valence-electron chi connectivity index (χ2n) is 6.18. The summed E-state index contributed by atoms with van der Waals surface area (Å²) < 4.78 is 5.58. The first kappa shape index (κ1) is 20.8. The Balaban J connectivity index is 2.18. The van der Waals surface area contributed by atoms with Crippen LogP contribution in [0.3, 0.4) is 0 Å². The summed E-state index contributed by atoms with van der Waals surface area (Å²) in [6.07, 6.45) is 0. The van der Waals surface area contributed by atoms with E-state index < -0.39 is 33.9 Å². The molecule has 3 aromatic rings. The molecule has 0 heterocycles. The van der Waals surface area contributed by atoms with Gasteiger partial charge in [0.25, 0.3) is 0 Å². The predicted octanol–water partition coefficient (Wildman–Crippen LogP) is 4.89. The number of carboxylic acid groups (broad SMARTS) is 2. The highest BCUT2D eigenvalue weighted by atomic mass is 35.5. The molecule has 0 saturated heterocycles. The molecule has 0 aliphatic carbocycles. The zero-order valence-electron chi connectivity index (χ0n) is 15.2. The van der Waals surface area contributed by atoms with Gasteiger partial charge in [-0.25, -0.2) is 9.59 Å². The summed E-state index contributed by atoms with van der Waals surface area (Å²) in [5, 5.41) is 30.3. The smallest absolute Gasteiger partial charge is 0.339 e. The standard InChI is InChI=1S/C21H14ClNO7/c22-16-10-15(21(26)27)19(30-11-12-4-2-1-3-5-12)18(23(28)29)17(16)13-6-8-14(9-7-13)20(24)25/h1-10H,11H2,(H,24,25)(H,26,27). The van der Waals surface area contributed by atoms with Crippen LogP contribution in [0.25, 0.3) is 11.1 Å². The Kier molecular flexibility index (Phi) is 5.98. The molecule has 0 unspecified atom stereocenters. The molecule has 0 aromatic heterocycles. The van der Waals surface area contributed by atoms with Crippen molar-refractivity contribution < 1.29 is 29.5 Å². The summed E-state index contributed by atoms with van der Waals surface area (Å²) in [5.41, 5.74) is -0.206. The number of nitro benzene ring substituents is 1. The van der Waals surface area contributed by atoms with Gasteiger partial charge in [-0.3, -0.25) is 10.1 Å². The number of hydrogen-bond donors (Lipinski definition) is 2.